The molecule has 1 aromatic heterocycles. The van der Waals surface area contributed by atoms with Crippen LogP contribution in [0.4, 0.5) is 0 Å². The minimum absolute atomic E-state index is 0.369. The lowest BCUT2D eigenvalue weighted by Gasteiger charge is -2.11. The third kappa shape index (κ3) is 3.84. The maximum atomic E-state index is 11.9. The molecule has 138 valence electrons. The van der Waals surface area contributed by atoms with Gasteiger partial charge < -0.3 is 19.2 Å². The number of hydrogen-bond donors (Lipinski definition) is 1. The van der Waals surface area contributed by atoms with Crippen molar-refractivity contribution >= 4 is 29.2 Å². The van der Waals surface area contributed by atoms with Crippen LogP contribution in [0.2, 0.25) is 0 Å². The number of hydrogen-bond acceptors (Lipinski definition) is 5. The maximum absolute atomic E-state index is 11.9. The molecule has 1 heterocycles. The highest BCUT2D eigenvalue weighted by Crippen LogP contribution is 2.32. The van der Waals surface area contributed by atoms with Crippen molar-refractivity contribution in [1.29, 1.82) is 0 Å². The number of H-pyrrole nitrogens is 1. The highest BCUT2D eigenvalue weighted by molar-refractivity contribution is 6.02. The quantitative estimate of drug-likeness (QED) is 0.505. The Morgan fingerprint density at radius 2 is 2.00 bits per heavy atom. The van der Waals surface area contributed by atoms with Crippen LogP contribution < -0.4 is 9.47 Å². The molecular weight excluding hydrogens is 344 g/mol. The molecule has 0 bridgehead atoms. The summed E-state index contributed by atoms with van der Waals surface area (Å²) in [5.41, 5.74) is 2.58. The van der Waals surface area contributed by atoms with E-state index < -0.39 is 5.97 Å². The molecule has 2 aromatic carbocycles. The lowest BCUT2D eigenvalue weighted by molar-refractivity contribution is 0.0603. The Bertz CT molecular complexity index is 1000. The Morgan fingerprint density at radius 3 is 2.74 bits per heavy atom. The molecule has 3 aromatic rings. The number of ether oxygens (including phenoxy) is 3. The van der Waals surface area contributed by atoms with Crippen LogP contribution in [0.1, 0.15) is 21.7 Å². The molecule has 6 heteroatoms. The summed E-state index contributed by atoms with van der Waals surface area (Å²) in [4.78, 5) is 19.6. The highest BCUT2D eigenvalue weighted by Gasteiger charge is 2.13. The molecule has 0 saturated heterocycles. The monoisotopic (exact) mass is 364 g/mol. The topological polar surface area (TPSA) is 73.4 Å². The summed E-state index contributed by atoms with van der Waals surface area (Å²) in [6, 6.07) is 11.0. The molecule has 0 fully saturated rings. The molecule has 0 saturated carbocycles. The van der Waals surface area contributed by atoms with Crippen molar-refractivity contribution in [2.24, 2.45) is 0 Å². The van der Waals surface area contributed by atoms with Crippen LogP contribution in [0.5, 0.6) is 11.5 Å². The Balaban J connectivity index is 1.97. The number of rotatable bonds is 7. The van der Waals surface area contributed by atoms with E-state index in [4.69, 9.17) is 14.2 Å². The van der Waals surface area contributed by atoms with Gasteiger partial charge in [0, 0.05) is 5.56 Å². The molecule has 6 nitrogen and oxygen atoms in total. The molecule has 0 unspecified atom stereocenters. The summed E-state index contributed by atoms with van der Waals surface area (Å²) >= 11 is 0. The summed E-state index contributed by atoms with van der Waals surface area (Å²) < 4.78 is 15.9. The molecule has 0 atom stereocenters. The SMILES string of the molecule is C=CCOc1c(C=Cc2nc3c(C(=O)OC)cccc3[nH]2)cccc1OC. The Kier molecular flexibility index (Phi) is 5.56. The number of fused-ring (bicyclic) bond motifs is 1. The summed E-state index contributed by atoms with van der Waals surface area (Å²) in [6.07, 6.45) is 5.36. The van der Waals surface area contributed by atoms with Crippen LogP contribution in [-0.2, 0) is 4.74 Å². The van der Waals surface area contributed by atoms with Crippen LogP contribution >= 0.6 is 0 Å². The number of esters is 1. The van der Waals surface area contributed by atoms with E-state index in [0.29, 0.717) is 35.0 Å². The number of nitrogens with zero attached hydrogens (tertiary/aromatic N) is 1. The van der Waals surface area contributed by atoms with Gasteiger partial charge in [-0.05, 0) is 30.4 Å². The first kappa shape index (κ1) is 18.3. The summed E-state index contributed by atoms with van der Waals surface area (Å²) in [5, 5.41) is 0. The lowest BCUT2D eigenvalue weighted by atomic mass is 10.1. The van der Waals surface area contributed by atoms with Crippen LogP contribution in [-0.4, -0.2) is 36.8 Å². The minimum atomic E-state index is -0.421. The summed E-state index contributed by atoms with van der Waals surface area (Å²) in [6.45, 7) is 4.04. The molecule has 27 heavy (non-hydrogen) atoms. The number of aromatic amines is 1. The standard InChI is InChI=1S/C21H20N2O4/c1-4-13-27-20-14(7-5-10-17(20)25-2)11-12-18-22-16-9-6-8-15(19(16)23-18)21(24)26-3/h4-12H,1,13H2,2-3H3,(H,22,23). The second kappa shape index (κ2) is 8.23. The molecule has 0 amide bonds. The van der Waals surface area contributed by atoms with E-state index in [1.54, 1.807) is 25.3 Å². The molecule has 3 rings (SSSR count). The Hall–Kier alpha value is -3.54. The number of imidazole rings is 1. The molecule has 0 aliphatic heterocycles. The number of aromatic nitrogens is 2. The van der Waals surface area contributed by atoms with Gasteiger partial charge in [0.25, 0.3) is 0 Å². The van der Waals surface area contributed by atoms with E-state index in [1.807, 2.05) is 36.4 Å². The van der Waals surface area contributed by atoms with Gasteiger partial charge in [-0.25, -0.2) is 9.78 Å². The van der Waals surface area contributed by atoms with Gasteiger partial charge in [0.15, 0.2) is 11.5 Å². The highest BCUT2D eigenvalue weighted by atomic mass is 16.5. The van der Waals surface area contributed by atoms with Crippen molar-refractivity contribution in [2.75, 3.05) is 20.8 Å². The molecule has 0 aliphatic carbocycles. The lowest BCUT2D eigenvalue weighted by Crippen LogP contribution is -2.01. The number of carbonyl (C=O) groups is 1. The van der Waals surface area contributed by atoms with Gasteiger partial charge in [0.2, 0.25) is 0 Å². The van der Waals surface area contributed by atoms with E-state index in [2.05, 4.69) is 16.5 Å². The van der Waals surface area contributed by atoms with Crippen molar-refractivity contribution in [3.63, 3.8) is 0 Å². The average Bonchev–Trinajstić information content (AvgIpc) is 3.13. The van der Waals surface area contributed by atoms with Gasteiger partial charge in [0.05, 0.1) is 25.3 Å². The number of para-hydroxylation sites is 2. The van der Waals surface area contributed by atoms with E-state index in [9.17, 15) is 4.79 Å². The van der Waals surface area contributed by atoms with Crippen molar-refractivity contribution < 1.29 is 19.0 Å². The molecule has 0 aliphatic rings. The van der Waals surface area contributed by atoms with Crippen LogP contribution in [0.15, 0.2) is 49.1 Å². The maximum Gasteiger partial charge on any atom is 0.340 e. The van der Waals surface area contributed by atoms with Crippen LogP contribution in [0.25, 0.3) is 23.2 Å². The predicted molar refractivity (Wildman–Crippen MR) is 105 cm³/mol. The van der Waals surface area contributed by atoms with E-state index in [1.165, 1.54) is 7.11 Å². The minimum Gasteiger partial charge on any atom is -0.493 e. The third-order valence-electron chi connectivity index (χ3n) is 3.93. The van der Waals surface area contributed by atoms with Crippen molar-refractivity contribution in [1.82, 2.24) is 9.97 Å². The first-order chi connectivity index (χ1) is 13.2. The fourth-order valence-electron chi connectivity index (χ4n) is 2.70. The first-order valence-electron chi connectivity index (χ1n) is 8.33. The Morgan fingerprint density at radius 1 is 1.19 bits per heavy atom. The second-order valence-electron chi connectivity index (χ2n) is 5.63. The number of carbonyl (C=O) groups excluding carboxylic acids is 1. The van der Waals surface area contributed by atoms with Crippen LogP contribution in [0.3, 0.4) is 0 Å². The number of methoxy groups -OCH3 is 2. The van der Waals surface area contributed by atoms with Gasteiger partial charge in [-0.2, -0.15) is 0 Å². The van der Waals surface area contributed by atoms with Gasteiger partial charge >= 0.3 is 5.97 Å². The van der Waals surface area contributed by atoms with Gasteiger partial charge in [-0.1, -0.05) is 30.9 Å². The summed E-state index contributed by atoms with van der Waals surface area (Å²) in [7, 11) is 2.94. The van der Waals surface area contributed by atoms with Crippen molar-refractivity contribution in [3.05, 3.63) is 66.0 Å². The van der Waals surface area contributed by atoms with Crippen molar-refractivity contribution in [2.45, 2.75) is 0 Å². The molecule has 0 radical (unpaired) electrons. The van der Waals surface area contributed by atoms with Gasteiger partial charge in [-0.3, -0.25) is 0 Å². The predicted octanol–water partition coefficient (Wildman–Crippen LogP) is 4.09. The van der Waals surface area contributed by atoms with Gasteiger partial charge in [0.1, 0.15) is 17.9 Å². The first-order valence-corrected chi connectivity index (χ1v) is 8.33. The third-order valence-corrected chi connectivity index (χ3v) is 3.93. The fraction of sp³-hybridized carbons (Fsp3) is 0.143. The molecule has 1 N–H and O–H groups in total. The zero-order chi connectivity index (χ0) is 19.2. The fourth-order valence-corrected chi connectivity index (χ4v) is 2.70. The number of nitrogens with one attached hydrogen (secondary N) is 1. The Labute approximate surface area is 157 Å². The molecule has 0 spiro atoms. The van der Waals surface area contributed by atoms with Crippen LogP contribution in [0, 0.1) is 0 Å². The largest absolute Gasteiger partial charge is 0.493 e. The number of benzene rings is 2. The average molecular weight is 364 g/mol. The normalized spacial score (nSPS) is 10.9. The van der Waals surface area contributed by atoms with E-state index in [0.717, 1.165) is 11.1 Å². The summed E-state index contributed by atoms with van der Waals surface area (Å²) in [5.74, 6) is 1.45. The van der Waals surface area contributed by atoms with E-state index in [-0.39, 0.29) is 0 Å². The zero-order valence-electron chi connectivity index (χ0n) is 15.2. The van der Waals surface area contributed by atoms with Crippen molar-refractivity contribution in [3.8, 4) is 11.5 Å². The van der Waals surface area contributed by atoms with Gasteiger partial charge in [-0.15, -0.1) is 0 Å². The van der Waals surface area contributed by atoms with E-state index >= 15 is 0 Å². The smallest absolute Gasteiger partial charge is 0.340 e. The zero-order valence-corrected chi connectivity index (χ0v) is 15.2. The second-order valence-corrected chi connectivity index (χ2v) is 5.63. The molecular formula is C21H20N2O4.